The van der Waals surface area contributed by atoms with Crippen molar-refractivity contribution >= 4 is 28.6 Å². The van der Waals surface area contributed by atoms with Crippen LogP contribution in [-0.4, -0.2) is 11.1 Å². The number of aromatic hydroxyl groups is 1. The smallest absolute Gasteiger partial charge is 0.311 e. The SMILES string of the molecule is CCC(=O)Oc1cccc([125I])c1O. The Balaban J connectivity index is 2.89. The van der Waals surface area contributed by atoms with Gasteiger partial charge in [-0.15, -0.1) is 0 Å². The van der Waals surface area contributed by atoms with E-state index in [1.807, 2.05) is 22.6 Å². The zero-order valence-corrected chi connectivity index (χ0v) is 9.24. The summed E-state index contributed by atoms with van der Waals surface area (Å²) in [4.78, 5) is 10.9. The van der Waals surface area contributed by atoms with Gasteiger partial charge in [0.25, 0.3) is 0 Å². The molecule has 0 radical (unpaired) electrons. The first-order chi connectivity index (χ1) is 6.15. The number of ether oxygens (including phenoxy) is 1. The molecule has 0 amide bonds. The minimum Gasteiger partial charge on any atom is -0.504 e. The van der Waals surface area contributed by atoms with Gasteiger partial charge in [-0.3, -0.25) is 4.79 Å². The molecule has 0 spiro atoms. The molecule has 0 heterocycles. The number of rotatable bonds is 2. The molecule has 4 heteroatoms. The summed E-state index contributed by atoms with van der Waals surface area (Å²) in [7, 11) is 0. The fourth-order valence-corrected chi connectivity index (χ4v) is 1.25. The Morgan fingerprint density at radius 1 is 1.62 bits per heavy atom. The maximum Gasteiger partial charge on any atom is 0.311 e. The highest BCUT2D eigenvalue weighted by atomic mass is 125. The van der Waals surface area contributed by atoms with E-state index >= 15 is 0 Å². The fraction of sp³-hybridized carbons (Fsp3) is 0.222. The highest BCUT2D eigenvalue weighted by Crippen LogP contribution is 2.30. The average Bonchev–Trinajstić information content (AvgIpc) is 2.13. The van der Waals surface area contributed by atoms with Crippen LogP contribution in [0.5, 0.6) is 11.5 Å². The number of para-hydroxylation sites is 1. The average molecular weight is 290 g/mol. The van der Waals surface area contributed by atoms with Gasteiger partial charge in [-0.2, -0.15) is 0 Å². The van der Waals surface area contributed by atoms with Crippen LogP contribution in [0.3, 0.4) is 0 Å². The molecule has 0 saturated carbocycles. The van der Waals surface area contributed by atoms with Crippen molar-refractivity contribution < 1.29 is 14.6 Å². The molecular weight excluding hydrogens is 281 g/mol. The number of carbonyl (C=O) groups excluding carboxylic acids is 1. The number of hydrogen-bond donors (Lipinski definition) is 1. The first kappa shape index (κ1) is 10.3. The van der Waals surface area contributed by atoms with E-state index in [1.54, 1.807) is 25.1 Å². The normalized spacial score (nSPS) is 9.69. The Kier molecular flexibility index (Phi) is 3.53. The van der Waals surface area contributed by atoms with Crippen LogP contribution in [-0.2, 0) is 4.79 Å². The third-order valence-corrected chi connectivity index (χ3v) is 2.33. The van der Waals surface area contributed by atoms with E-state index in [0.29, 0.717) is 9.99 Å². The van der Waals surface area contributed by atoms with Crippen molar-refractivity contribution in [3.05, 3.63) is 21.8 Å². The van der Waals surface area contributed by atoms with Gasteiger partial charge in [0.05, 0.1) is 3.57 Å². The second-order valence-electron chi connectivity index (χ2n) is 2.41. The van der Waals surface area contributed by atoms with Crippen LogP contribution in [0, 0.1) is 3.57 Å². The lowest BCUT2D eigenvalue weighted by molar-refractivity contribution is -0.134. The van der Waals surface area contributed by atoms with E-state index in [4.69, 9.17) is 4.74 Å². The van der Waals surface area contributed by atoms with Crippen molar-refractivity contribution in [3.8, 4) is 11.5 Å². The largest absolute Gasteiger partial charge is 0.504 e. The summed E-state index contributed by atoms with van der Waals surface area (Å²) in [6.07, 6.45) is 0.297. The van der Waals surface area contributed by atoms with E-state index < -0.39 is 0 Å². The molecule has 1 N–H and O–H groups in total. The molecule has 1 aromatic rings. The van der Waals surface area contributed by atoms with Crippen molar-refractivity contribution in [2.24, 2.45) is 0 Å². The van der Waals surface area contributed by atoms with Crippen molar-refractivity contribution in [2.45, 2.75) is 13.3 Å². The number of phenolic OH excluding ortho intramolecular Hbond substituents is 1. The van der Waals surface area contributed by atoms with E-state index in [-0.39, 0.29) is 17.5 Å². The van der Waals surface area contributed by atoms with Crippen molar-refractivity contribution in [1.29, 1.82) is 0 Å². The molecule has 13 heavy (non-hydrogen) atoms. The van der Waals surface area contributed by atoms with Crippen molar-refractivity contribution in [2.75, 3.05) is 0 Å². The minimum atomic E-state index is -0.350. The molecule has 0 unspecified atom stereocenters. The van der Waals surface area contributed by atoms with Gasteiger partial charge in [0.2, 0.25) is 0 Å². The molecule has 0 saturated heterocycles. The summed E-state index contributed by atoms with van der Waals surface area (Å²) in [5, 5.41) is 9.46. The predicted octanol–water partition coefficient (Wildman–Crippen LogP) is 2.31. The fourth-order valence-electron chi connectivity index (χ4n) is 0.773. The van der Waals surface area contributed by atoms with E-state index in [2.05, 4.69) is 0 Å². The number of benzene rings is 1. The van der Waals surface area contributed by atoms with Gasteiger partial charge in [0.15, 0.2) is 11.5 Å². The highest BCUT2D eigenvalue weighted by Gasteiger charge is 2.08. The van der Waals surface area contributed by atoms with E-state index in [1.165, 1.54) is 0 Å². The molecule has 0 aromatic heterocycles. The predicted molar refractivity (Wildman–Crippen MR) is 56.7 cm³/mol. The highest BCUT2D eigenvalue weighted by molar-refractivity contribution is 14.1. The number of halogens is 1. The zero-order valence-electron chi connectivity index (χ0n) is 7.08. The third kappa shape index (κ3) is 2.58. The van der Waals surface area contributed by atoms with Gasteiger partial charge in [0.1, 0.15) is 0 Å². The van der Waals surface area contributed by atoms with Gasteiger partial charge in [-0.05, 0) is 34.7 Å². The topological polar surface area (TPSA) is 46.5 Å². The second kappa shape index (κ2) is 4.45. The maximum atomic E-state index is 10.9. The van der Waals surface area contributed by atoms with Crippen LogP contribution in [0.15, 0.2) is 18.2 Å². The number of phenols is 1. The van der Waals surface area contributed by atoms with Crippen molar-refractivity contribution in [3.63, 3.8) is 0 Å². The summed E-state index contributed by atoms with van der Waals surface area (Å²) >= 11 is 1.97. The molecule has 0 aliphatic carbocycles. The number of hydrogen-bond acceptors (Lipinski definition) is 3. The molecule has 0 aliphatic heterocycles. The molecule has 0 atom stereocenters. The molecule has 0 aliphatic rings. The maximum absolute atomic E-state index is 10.9. The van der Waals surface area contributed by atoms with Crippen LogP contribution in [0.25, 0.3) is 0 Å². The van der Waals surface area contributed by atoms with Gasteiger partial charge in [0, 0.05) is 6.42 Å². The van der Waals surface area contributed by atoms with Gasteiger partial charge in [-0.1, -0.05) is 13.0 Å². The summed E-state index contributed by atoms with van der Waals surface area (Å²) in [6, 6.07) is 5.02. The Morgan fingerprint density at radius 3 is 2.92 bits per heavy atom. The molecule has 0 fully saturated rings. The van der Waals surface area contributed by atoms with Crippen LogP contribution in [0.4, 0.5) is 0 Å². The lowest BCUT2D eigenvalue weighted by Crippen LogP contribution is -2.05. The molecule has 1 rings (SSSR count). The van der Waals surface area contributed by atoms with Crippen LogP contribution in [0.1, 0.15) is 13.3 Å². The van der Waals surface area contributed by atoms with Gasteiger partial charge >= 0.3 is 5.97 Å². The standard InChI is InChI=1S/C9H9IO3/c1-2-8(11)13-7-5-3-4-6(10)9(7)12/h3-5,12H,2H2,1H3/i10-2. The summed E-state index contributed by atoms with van der Waals surface area (Å²) in [6.45, 7) is 1.70. The van der Waals surface area contributed by atoms with Gasteiger partial charge in [-0.25, -0.2) is 0 Å². The van der Waals surface area contributed by atoms with Crippen LogP contribution < -0.4 is 4.74 Å². The van der Waals surface area contributed by atoms with Crippen LogP contribution >= 0.6 is 22.6 Å². The molecular formula is C9H9IO3. The Morgan fingerprint density at radius 2 is 2.31 bits per heavy atom. The number of carbonyl (C=O) groups is 1. The molecule has 0 bridgehead atoms. The zero-order chi connectivity index (χ0) is 9.84. The summed E-state index contributed by atoms with van der Waals surface area (Å²) in [5.41, 5.74) is 0. The molecule has 70 valence electrons. The quantitative estimate of drug-likeness (QED) is 0.516. The first-order valence-corrected chi connectivity index (χ1v) is 4.91. The lowest BCUT2D eigenvalue weighted by atomic mass is 10.3. The van der Waals surface area contributed by atoms with Crippen molar-refractivity contribution in [1.82, 2.24) is 0 Å². The van der Waals surface area contributed by atoms with E-state index in [9.17, 15) is 9.90 Å². The molecule has 3 nitrogen and oxygen atoms in total. The third-order valence-electron chi connectivity index (χ3n) is 1.46. The second-order valence-corrected chi connectivity index (χ2v) is 3.58. The van der Waals surface area contributed by atoms with E-state index in [0.717, 1.165) is 0 Å². The van der Waals surface area contributed by atoms with Gasteiger partial charge < -0.3 is 9.84 Å². The molecule has 1 aromatic carbocycles. The Labute approximate surface area is 89.9 Å². The summed E-state index contributed by atoms with van der Waals surface area (Å²) < 4.78 is 5.55. The minimum absolute atomic E-state index is 0.0184. The lowest BCUT2D eigenvalue weighted by Gasteiger charge is -2.05. The monoisotopic (exact) mass is 290 g/mol. The Hall–Kier alpha value is -0.780. The summed E-state index contributed by atoms with van der Waals surface area (Å²) in [5.74, 6) is -0.110. The van der Waals surface area contributed by atoms with Crippen LogP contribution in [0.2, 0.25) is 0 Å². The number of esters is 1. The first-order valence-electron chi connectivity index (χ1n) is 3.83. The Bertz CT molecular complexity index is 323.